The van der Waals surface area contributed by atoms with Crippen molar-refractivity contribution in [3.05, 3.63) is 72.6 Å². The molecule has 0 atom stereocenters. The maximum atomic E-state index is 6.12. The van der Waals surface area contributed by atoms with E-state index in [0.717, 1.165) is 52.1 Å². The number of benzene rings is 1. The predicted molar refractivity (Wildman–Crippen MR) is 143 cm³/mol. The van der Waals surface area contributed by atoms with Crippen molar-refractivity contribution in [3.63, 3.8) is 0 Å². The molecule has 0 unspecified atom stereocenters. The molecule has 9 nitrogen and oxygen atoms in total. The van der Waals surface area contributed by atoms with Gasteiger partial charge in [0.15, 0.2) is 11.5 Å². The van der Waals surface area contributed by atoms with Crippen molar-refractivity contribution < 1.29 is 4.74 Å². The van der Waals surface area contributed by atoms with E-state index >= 15 is 0 Å². The van der Waals surface area contributed by atoms with Crippen LogP contribution in [0.2, 0.25) is 0 Å². The van der Waals surface area contributed by atoms with Crippen LogP contribution in [0.1, 0.15) is 49.7 Å². The highest BCUT2D eigenvalue weighted by molar-refractivity contribution is 5.76. The Kier molecular flexibility index (Phi) is 6.44. The predicted octanol–water partition coefficient (Wildman–Crippen LogP) is 5.46. The van der Waals surface area contributed by atoms with Crippen molar-refractivity contribution in [2.75, 3.05) is 5.32 Å². The van der Waals surface area contributed by atoms with Crippen molar-refractivity contribution in [2.45, 2.75) is 57.9 Å². The van der Waals surface area contributed by atoms with Gasteiger partial charge in [-0.25, -0.2) is 19.0 Å². The first-order valence-electron chi connectivity index (χ1n) is 13.0. The molecule has 0 aliphatic heterocycles. The summed E-state index contributed by atoms with van der Waals surface area (Å²) in [6, 6.07) is 12.4. The fraction of sp³-hybridized carbons (Fsp3) is 0.357. The van der Waals surface area contributed by atoms with Gasteiger partial charge in [0.1, 0.15) is 29.7 Å². The van der Waals surface area contributed by atoms with E-state index in [-0.39, 0.29) is 0 Å². The molecule has 1 aromatic carbocycles. The zero-order valence-corrected chi connectivity index (χ0v) is 21.0. The zero-order chi connectivity index (χ0) is 25.2. The number of hydrogen-bond acceptors (Lipinski definition) is 7. The molecule has 0 bridgehead atoms. The van der Waals surface area contributed by atoms with Gasteiger partial charge in [-0.15, -0.1) is 0 Å². The van der Waals surface area contributed by atoms with E-state index in [1.807, 2.05) is 48.1 Å². The van der Waals surface area contributed by atoms with Crippen molar-refractivity contribution in [3.8, 4) is 11.5 Å². The van der Waals surface area contributed by atoms with Crippen LogP contribution >= 0.6 is 0 Å². The van der Waals surface area contributed by atoms with Crippen molar-refractivity contribution >= 4 is 22.7 Å². The van der Waals surface area contributed by atoms with Gasteiger partial charge in [-0.1, -0.05) is 6.42 Å². The number of anilines is 2. The van der Waals surface area contributed by atoms with Crippen LogP contribution in [-0.2, 0) is 6.42 Å². The minimum atomic E-state index is 0.408. The minimum Gasteiger partial charge on any atom is -0.457 e. The molecular weight excluding hydrogens is 464 g/mol. The molecule has 4 heterocycles. The molecule has 6 rings (SSSR count). The molecule has 0 radical (unpaired) electrons. The summed E-state index contributed by atoms with van der Waals surface area (Å²) in [7, 11) is 0. The number of nitrogens with zero attached hydrogens (tertiary/aromatic N) is 6. The summed E-state index contributed by atoms with van der Waals surface area (Å²) in [6.07, 6.45) is 15.3. The van der Waals surface area contributed by atoms with Crippen molar-refractivity contribution in [1.82, 2.24) is 29.2 Å². The standard InChI is InChI=1S/C28H32N8O/c1-19-15-23(9-10-25(19)37-24-12-14-35-26(16-24)30-17-32-35)34-28-27-21(11-13-36(27)33-18-31-28)4-2-3-20-5-7-22(29)8-6-20/h9-18,20,22H,2-8,29H2,1H3,(H,31,33,34). The van der Waals surface area contributed by atoms with E-state index < -0.39 is 0 Å². The highest BCUT2D eigenvalue weighted by Crippen LogP contribution is 2.31. The third-order valence-corrected chi connectivity index (χ3v) is 7.40. The van der Waals surface area contributed by atoms with Gasteiger partial charge in [-0.3, -0.25) is 0 Å². The van der Waals surface area contributed by atoms with Gasteiger partial charge in [0, 0.05) is 30.2 Å². The lowest BCUT2D eigenvalue weighted by molar-refractivity contribution is 0.306. The summed E-state index contributed by atoms with van der Waals surface area (Å²) in [5, 5.41) is 12.1. The number of aryl methyl sites for hydroxylation is 2. The van der Waals surface area contributed by atoms with Crippen molar-refractivity contribution in [2.24, 2.45) is 11.7 Å². The number of aromatic nitrogens is 6. The molecule has 0 spiro atoms. The summed E-state index contributed by atoms with van der Waals surface area (Å²) >= 11 is 0. The van der Waals surface area contributed by atoms with Crippen molar-refractivity contribution in [1.29, 1.82) is 0 Å². The molecule has 1 saturated carbocycles. The van der Waals surface area contributed by atoms with Crippen LogP contribution < -0.4 is 15.8 Å². The van der Waals surface area contributed by atoms with Gasteiger partial charge < -0.3 is 15.8 Å². The molecule has 1 aliphatic carbocycles. The Bertz CT molecular complexity index is 1520. The molecule has 3 N–H and O–H groups in total. The second kappa shape index (κ2) is 10.2. The molecule has 1 fully saturated rings. The Balaban J connectivity index is 1.15. The monoisotopic (exact) mass is 496 g/mol. The van der Waals surface area contributed by atoms with E-state index in [0.29, 0.717) is 6.04 Å². The highest BCUT2D eigenvalue weighted by atomic mass is 16.5. The number of hydrogen-bond donors (Lipinski definition) is 2. The second-order valence-corrected chi connectivity index (χ2v) is 10.0. The Labute approximate surface area is 215 Å². The van der Waals surface area contributed by atoms with Gasteiger partial charge >= 0.3 is 0 Å². The molecule has 4 aromatic heterocycles. The van der Waals surface area contributed by atoms with E-state index in [2.05, 4.69) is 37.6 Å². The number of pyridine rings is 1. The van der Waals surface area contributed by atoms with Gasteiger partial charge in [-0.05, 0) is 92.8 Å². The Morgan fingerprint density at radius 1 is 0.973 bits per heavy atom. The van der Waals surface area contributed by atoms with Gasteiger partial charge in [-0.2, -0.15) is 10.2 Å². The molecule has 5 aromatic rings. The number of ether oxygens (including phenoxy) is 1. The van der Waals surface area contributed by atoms with Crippen LogP contribution in [0.3, 0.4) is 0 Å². The third-order valence-electron chi connectivity index (χ3n) is 7.40. The zero-order valence-electron chi connectivity index (χ0n) is 21.0. The Morgan fingerprint density at radius 3 is 2.65 bits per heavy atom. The number of fused-ring (bicyclic) bond motifs is 2. The van der Waals surface area contributed by atoms with Gasteiger partial charge in [0.05, 0.1) is 0 Å². The average Bonchev–Trinajstić information content (AvgIpc) is 3.54. The molecule has 1 aliphatic rings. The molecule has 9 heteroatoms. The lowest BCUT2D eigenvalue weighted by Gasteiger charge is -2.25. The van der Waals surface area contributed by atoms with Gasteiger partial charge in [0.25, 0.3) is 0 Å². The first kappa shape index (κ1) is 23.4. The smallest absolute Gasteiger partial charge is 0.158 e. The summed E-state index contributed by atoms with van der Waals surface area (Å²) < 4.78 is 9.74. The second-order valence-electron chi connectivity index (χ2n) is 10.0. The van der Waals surface area contributed by atoms with Crippen LogP contribution in [0.25, 0.3) is 11.2 Å². The molecule has 0 amide bonds. The number of nitrogens with two attached hydrogens (primary N) is 1. The average molecular weight is 497 g/mol. The first-order valence-corrected chi connectivity index (χ1v) is 13.0. The quantitative estimate of drug-likeness (QED) is 0.294. The van der Waals surface area contributed by atoms with Crippen LogP contribution in [0.4, 0.5) is 11.5 Å². The fourth-order valence-electron chi connectivity index (χ4n) is 5.34. The number of rotatable bonds is 8. The van der Waals surface area contributed by atoms with Crippen LogP contribution in [0.15, 0.2) is 61.4 Å². The Morgan fingerprint density at radius 2 is 1.78 bits per heavy atom. The SMILES string of the molecule is Cc1cc(Nc2ncnn3ccc(CCCC4CCC(N)CC4)c23)ccc1Oc1ccn2ncnc2c1. The van der Waals surface area contributed by atoms with Crippen LogP contribution in [0.5, 0.6) is 11.5 Å². The van der Waals surface area contributed by atoms with E-state index in [1.165, 1.54) is 50.4 Å². The van der Waals surface area contributed by atoms with Crippen LogP contribution in [0, 0.1) is 12.8 Å². The molecule has 37 heavy (non-hydrogen) atoms. The maximum absolute atomic E-state index is 6.12. The Hall–Kier alpha value is -3.98. The first-order chi connectivity index (χ1) is 18.1. The largest absolute Gasteiger partial charge is 0.457 e. The summed E-state index contributed by atoms with van der Waals surface area (Å²) in [6.45, 7) is 2.03. The molecule has 0 saturated heterocycles. The van der Waals surface area contributed by atoms with Crippen LogP contribution in [-0.4, -0.2) is 35.2 Å². The summed E-state index contributed by atoms with van der Waals surface area (Å²) in [4.78, 5) is 8.80. The van der Waals surface area contributed by atoms with E-state index in [1.54, 1.807) is 10.8 Å². The minimum absolute atomic E-state index is 0.408. The molecule has 190 valence electrons. The fourth-order valence-corrected chi connectivity index (χ4v) is 5.34. The van der Waals surface area contributed by atoms with E-state index in [4.69, 9.17) is 10.5 Å². The topological polar surface area (TPSA) is 108 Å². The molecular formula is C28H32N8O. The number of nitrogens with one attached hydrogen (secondary N) is 1. The summed E-state index contributed by atoms with van der Waals surface area (Å²) in [5.41, 5.74) is 11.1. The maximum Gasteiger partial charge on any atom is 0.158 e. The normalized spacial score (nSPS) is 17.9. The van der Waals surface area contributed by atoms with E-state index in [9.17, 15) is 0 Å². The summed E-state index contributed by atoms with van der Waals surface area (Å²) in [5.74, 6) is 3.12. The van der Waals surface area contributed by atoms with Gasteiger partial charge in [0.2, 0.25) is 0 Å². The lowest BCUT2D eigenvalue weighted by Crippen LogP contribution is -2.26. The highest BCUT2D eigenvalue weighted by Gasteiger charge is 2.18. The third kappa shape index (κ3) is 5.13. The lowest BCUT2D eigenvalue weighted by atomic mass is 9.83.